The predicted octanol–water partition coefficient (Wildman–Crippen LogP) is 3.34. The molecule has 2 aromatic rings. The van der Waals surface area contributed by atoms with E-state index in [9.17, 15) is 9.59 Å². The minimum atomic E-state index is -0.0808. The fraction of sp³-hybridized carbons (Fsp3) is 0.500. The van der Waals surface area contributed by atoms with Gasteiger partial charge in [-0.15, -0.1) is 22.7 Å². The van der Waals surface area contributed by atoms with Gasteiger partial charge in [0, 0.05) is 24.9 Å². The fourth-order valence-electron chi connectivity index (χ4n) is 2.91. The van der Waals surface area contributed by atoms with Crippen molar-refractivity contribution in [2.75, 3.05) is 25.0 Å². The lowest BCUT2D eigenvalue weighted by Gasteiger charge is -2.25. The van der Waals surface area contributed by atoms with Crippen LogP contribution < -0.4 is 10.6 Å². The number of likely N-dealkylation sites (tertiary alicyclic amines) is 1. The number of piperidine rings is 1. The van der Waals surface area contributed by atoms with Crippen LogP contribution in [0.5, 0.6) is 0 Å². The lowest BCUT2D eigenvalue weighted by Crippen LogP contribution is -2.29. The minimum absolute atomic E-state index is 0.0609. The summed E-state index contributed by atoms with van der Waals surface area (Å²) >= 11 is 2.88. The highest BCUT2D eigenvalue weighted by Gasteiger charge is 2.13. The van der Waals surface area contributed by atoms with Gasteiger partial charge in [-0.3, -0.25) is 14.5 Å². The summed E-state index contributed by atoms with van der Waals surface area (Å²) in [5.74, 6) is -0.142. The Labute approximate surface area is 161 Å². The maximum absolute atomic E-state index is 12.0. The van der Waals surface area contributed by atoms with E-state index in [1.54, 1.807) is 6.07 Å². The molecule has 1 fully saturated rings. The fourth-order valence-corrected chi connectivity index (χ4v) is 4.27. The van der Waals surface area contributed by atoms with Gasteiger partial charge in [0.05, 0.1) is 10.6 Å². The Morgan fingerprint density at radius 1 is 1.19 bits per heavy atom. The number of carbonyl (C=O) groups excluding carboxylic acids is 2. The third-order valence-corrected chi connectivity index (χ3v) is 5.92. The molecule has 0 bridgehead atoms. The van der Waals surface area contributed by atoms with Gasteiger partial charge in [0.2, 0.25) is 5.91 Å². The molecule has 0 unspecified atom stereocenters. The van der Waals surface area contributed by atoms with Crippen molar-refractivity contribution in [2.24, 2.45) is 0 Å². The Kier molecular flexibility index (Phi) is 7.16. The van der Waals surface area contributed by atoms with Crippen LogP contribution >= 0.6 is 22.7 Å². The molecule has 1 aliphatic heterocycles. The first-order chi connectivity index (χ1) is 12.7. The first-order valence-electron chi connectivity index (χ1n) is 8.99. The van der Waals surface area contributed by atoms with E-state index >= 15 is 0 Å². The molecule has 1 aliphatic rings. The molecular weight excluding hydrogens is 368 g/mol. The summed E-state index contributed by atoms with van der Waals surface area (Å²) in [6.07, 6.45) is 4.82. The second-order valence-corrected chi connectivity index (χ2v) is 8.17. The second-order valence-electron chi connectivity index (χ2n) is 6.37. The number of nitrogens with zero attached hydrogens (tertiary/aromatic N) is 2. The minimum Gasteiger partial charge on any atom is -0.351 e. The molecule has 3 heterocycles. The van der Waals surface area contributed by atoms with Gasteiger partial charge in [0.15, 0.2) is 5.13 Å². The number of hydrogen-bond donors (Lipinski definition) is 2. The molecule has 1 saturated heterocycles. The van der Waals surface area contributed by atoms with Crippen molar-refractivity contribution < 1.29 is 9.59 Å². The smallest absolute Gasteiger partial charge is 0.261 e. The van der Waals surface area contributed by atoms with Gasteiger partial charge in [0.1, 0.15) is 0 Å². The summed E-state index contributed by atoms with van der Waals surface area (Å²) in [4.78, 5) is 31.4. The molecule has 0 spiro atoms. The van der Waals surface area contributed by atoms with E-state index in [2.05, 4.69) is 20.5 Å². The number of rotatable bonds is 8. The lowest BCUT2D eigenvalue weighted by molar-refractivity contribution is -0.116. The summed E-state index contributed by atoms with van der Waals surface area (Å²) in [7, 11) is 0. The standard InChI is InChI=1S/C18H24N4O2S2/c23-16(7-4-8-19-17(24)15-6-5-11-25-15)21-18-20-14(13-26-18)12-22-9-2-1-3-10-22/h5-6,11,13H,1-4,7-10,12H2,(H,19,24)(H,20,21,23). The molecule has 2 amide bonds. The third kappa shape index (κ3) is 5.89. The van der Waals surface area contributed by atoms with Crippen molar-refractivity contribution in [2.45, 2.75) is 38.6 Å². The van der Waals surface area contributed by atoms with E-state index in [4.69, 9.17) is 0 Å². The second kappa shape index (κ2) is 9.80. The summed E-state index contributed by atoms with van der Waals surface area (Å²) in [5, 5.41) is 10.2. The van der Waals surface area contributed by atoms with E-state index in [-0.39, 0.29) is 11.8 Å². The van der Waals surface area contributed by atoms with Crippen molar-refractivity contribution in [3.63, 3.8) is 0 Å². The van der Waals surface area contributed by atoms with Crippen LogP contribution in [0.25, 0.3) is 0 Å². The van der Waals surface area contributed by atoms with Crippen molar-refractivity contribution >= 4 is 39.6 Å². The Morgan fingerprint density at radius 3 is 2.81 bits per heavy atom. The van der Waals surface area contributed by atoms with Gasteiger partial charge in [-0.1, -0.05) is 12.5 Å². The molecule has 0 atom stereocenters. The largest absolute Gasteiger partial charge is 0.351 e. The van der Waals surface area contributed by atoms with Crippen LogP contribution in [-0.4, -0.2) is 41.3 Å². The molecule has 2 N–H and O–H groups in total. The normalized spacial score (nSPS) is 14.9. The van der Waals surface area contributed by atoms with Crippen LogP contribution in [0, 0.1) is 0 Å². The summed E-state index contributed by atoms with van der Waals surface area (Å²) in [5.41, 5.74) is 1.02. The van der Waals surface area contributed by atoms with E-state index < -0.39 is 0 Å². The number of anilines is 1. The zero-order valence-corrected chi connectivity index (χ0v) is 16.3. The van der Waals surface area contributed by atoms with Gasteiger partial charge in [-0.2, -0.15) is 0 Å². The molecule has 2 aromatic heterocycles. The van der Waals surface area contributed by atoms with Crippen molar-refractivity contribution in [3.05, 3.63) is 33.5 Å². The van der Waals surface area contributed by atoms with E-state index in [0.29, 0.717) is 29.4 Å². The molecule has 0 aromatic carbocycles. The van der Waals surface area contributed by atoms with Gasteiger partial charge in [-0.05, 0) is 43.8 Å². The predicted molar refractivity (Wildman–Crippen MR) is 106 cm³/mol. The molecule has 0 radical (unpaired) electrons. The summed E-state index contributed by atoms with van der Waals surface area (Å²) < 4.78 is 0. The highest BCUT2D eigenvalue weighted by molar-refractivity contribution is 7.14. The molecule has 0 aliphatic carbocycles. The summed E-state index contributed by atoms with van der Waals surface area (Å²) in [6.45, 7) is 3.62. The SMILES string of the molecule is O=C(CCCNC(=O)c1cccs1)Nc1nc(CN2CCCCC2)cs1. The Balaban J connectivity index is 1.33. The van der Waals surface area contributed by atoms with Crippen LogP contribution in [0.1, 0.15) is 47.5 Å². The zero-order chi connectivity index (χ0) is 18.2. The van der Waals surface area contributed by atoms with Gasteiger partial charge < -0.3 is 10.6 Å². The average molecular weight is 393 g/mol. The average Bonchev–Trinajstić information content (AvgIpc) is 3.32. The monoisotopic (exact) mass is 392 g/mol. The quantitative estimate of drug-likeness (QED) is 0.676. The third-order valence-electron chi connectivity index (χ3n) is 4.24. The number of amides is 2. The zero-order valence-electron chi connectivity index (χ0n) is 14.7. The van der Waals surface area contributed by atoms with Gasteiger partial charge in [-0.25, -0.2) is 4.98 Å². The van der Waals surface area contributed by atoms with E-state index in [1.165, 1.54) is 41.9 Å². The van der Waals surface area contributed by atoms with Crippen LogP contribution in [0.2, 0.25) is 0 Å². The van der Waals surface area contributed by atoms with E-state index in [1.807, 2.05) is 16.8 Å². The lowest BCUT2D eigenvalue weighted by atomic mass is 10.1. The number of hydrogen-bond acceptors (Lipinski definition) is 6. The molecule has 3 rings (SSSR count). The van der Waals surface area contributed by atoms with Crippen molar-refractivity contribution in [3.8, 4) is 0 Å². The van der Waals surface area contributed by atoms with E-state index in [0.717, 1.165) is 25.3 Å². The van der Waals surface area contributed by atoms with Crippen LogP contribution in [0.15, 0.2) is 22.9 Å². The van der Waals surface area contributed by atoms with Crippen LogP contribution in [0.3, 0.4) is 0 Å². The van der Waals surface area contributed by atoms with Gasteiger partial charge >= 0.3 is 0 Å². The maximum atomic E-state index is 12.0. The van der Waals surface area contributed by atoms with Crippen LogP contribution in [-0.2, 0) is 11.3 Å². The number of carbonyl (C=O) groups is 2. The molecular formula is C18H24N4O2S2. The molecule has 6 nitrogen and oxygen atoms in total. The molecule has 8 heteroatoms. The molecule has 0 saturated carbocycles. The van der Waals surface area contributed by atoms with Crippen molar-refractivity contribution in [1.29, 1.82) is 0 Å². The highest BCUT2D eigenvalue weighted by Crippen LogP contribution is 2.19. The van der Waals surface area contributed by atoms with Crippen molar-refractivity contribution in [1.82, 2.24) is 15.2 Å². The first-order valence-corrected chi connectivity index (χ1v) is 10.7. The van der Waals surface area contributed by atoms with Gasteiger partial charge in [0.25, 0.3) is 5.91 Å². The molecule has 140 valence electrons. The Hall–Kier alpha value is -1.77. The topological polar surface area (TPSA) is 74.3 Å². The Morgan fingerprint density at radius 2 is 2.04 bits per heavy atom. The Bertz CT molecular complexity index is 709. The highest BCUT2D eigenvalue weighted by atomic mass is 32.1. The number of aromatic nitrogens is 1. The summed E-state index contributed by atoms with van der Waals surface area (Å²) in [6, 6.07) is 3.64. The number of thiophene rings is 1. The van der Waals surface area contributed by atoms with Crippen LogP contribution in [0.4, 0.5) is 5.13 Å². The number of nitrogens with one attached hydrogen (secondary N) is 2. The first kappa shape index (κ1) is 19.0. The molecule has 26 heavy (non-hydrogen) atoms. The number of thiazole rings is 1. The maximum Gasteiger partial charge on any atom is 0.261 e.